The average Bonchev–Trinajstić information content (AvgIpc) is 2.20. The molecule has 1 unspecified atom stereocenters. The van der Waals surface area contributed by atoms with Gasteiger partial charge < -0.3 is 11.1 Å². The molecule has 1 atom stereocenters. The second-order valence-corrected chi connectivity index (χ2v) is 5.42. The van der Waals surface area contributed by atoms with Gasteiger partial charge in [-0.25, -0.2) is 0 Å². The van der Waals surface area contributed by atoms with Crippen LogP contribution in [-0.4, -0.2) is 16.9 Å². The van der Waals surface area contributed by atoms with Gasteiger partial charge in [0.1, 0.15) is 0 Å². The van der Waals surface area contributed by atoms with Crippen molar-refractivity contribution in [3.63, 3.8) is 0 Å². The second kappa shape index (κ2) is 5.27. The lowest BCUT2D eigenvalue weighted by Crippen LogP contribution is -2.38. The minimum Gasteiger partial charge on any atom is -0.327 e. The van der Waals surface area contributed by atoms with E-state index in [2.05, 4.69) is 10.3 Å². The lowest BCUT2D eigenvalue weighted by atomic mass is 9.85. The maximum Gasteiger partial charge on any atom is 0.225 e. The van der Waals surface area contributed by atoms with Crippen molar-refractivity contribution in [2.24, 2.45) is 11.1 Å². The molecule has 0 radical (unpaired) electrons. The monoisotopic (exact) mass is 235 g/mol. The topological polar surface area (TPSA) is 68.0 Å². The molecule has 0 saturated heterocycles. The number of aryl methyl sites for hydroxylation is 1. The van der Waals surface area contributed by atoms with E-state index in [1.165, 1.54) is 0 Å². The summed E-state index contributed by atoms with van der Waals surface area (Å²) in [6, 6.07) is 1.64. The number of hydrogen-bond acceptors (Lipinski definition) is 3. The molecule has 0 saturated carbocycles. The van der Waals surface area contributed by atoms with Crippen molar-refractivity contribution in [3.05, 3.63) is 24.0 Å². The van der Waals surface area contributed by atoms with Gasteiger partial charge >= 0.3 is 0 Å². The van der Waals surface area contributed by atoms with Gasteiger partial charge in [-0.2, -0.15) is 0 Å². The van der Waals surface area contributed by atoms with Crippen LogP contribution in [0.1, 0.15) is 32.8 Å². The predicted molar refractivity (Wildman–Crippen MR) is 69.7 cm³/mol. The third-order valence-electron chi connectivity index (χ3n) is 2.81. The highest BCUT2D eigenvalue weighted by molar-refractivity contribution is 5.91. The van der Waals surface area contributed by atoms with Gasteiger partial charge in [-0.15, -0.1) is 0 Å². The van der Waals surface area contributed by atoms with Crippen LogP contribution in [0.15, 0.2) is 18.5 Å². The number of nitrogens with one attached hydrogen (secondary N) is 1. The first-order chi connectivity index (χ1) is 7.80. The minimum absolute atomic E-state index is 0.0540. The van der Waals surface area contributed by atoms with E-state index < -0.39 is 0 Å². The largest absolute Gasteiger partial charge is 0.327 e. The summed E-state index contributed by atoms with van der Waals surface area (Å²) < 4.78 is 0. The zero-order chi connectivity index (χ0) is 13.1. The van der Waals surface area contributed by atoms with Gasteiger partial charge in [0.25, 0.3) is 0 Å². The van der Waals surface area contributed by atoms with Gasteiger partial charge in [-0.05, 0) is 24.0 Å². The fourth-order valence-corrected chi connectivity index (χ4v) is 1.32. The highest BCUT2D eigenvalue weighted by atomic mass is 16.1. The standard InChI is InChI=1S/C13H21N3O/c1-9-8-15-6-5-10(9)16-12(17)7-11(14)13(2,3)4/h5-6,8,11H,7,14H2,1-4H3,(H,15,16,17). The number of carbonyl (C=O) groups is 1. The summed E-state index contributed by atoms with van der Waals surface area (Å²) in [6.45, 7) is 8.00. The molecule has 94 valence electrons. The van der Waals surface area contributed by atoms with Gasteiger partial charge in [0.15, 0.2) is 0 Å². The lowest BCUT2D eigenvalue weighted by molar-refractivity contribution is -0.117. The normalized spacial score (nSPS) is 13.2. The minimum atomic E-state index is -0.148. The summed E-state index contributed by atoms with van der Waals surface area (Å²) in [5.74, 6) is -0.0540. The van der Waals surface area contributed by atoms with Crippen molar-refractivity contribution in [1.29, 1.82) is 0 Å². The van der Waals surface area contributed by atoms with Crippen LogP contribution < -0.4 is 11.1 Å². The molecule has 1 heterocycles. The lowest BCUT2D eigenvalue weighted by Gasteiger charge is -2.26. The Labute approximate surface area is 103 Å². The van der Waals surface area contributed by atoms with Crippen molar-refractivity contribution in [2.45, 2.75) is 40.2 Å². The van der Waals surface area contributed by atoms with E-state index in [4.69, 9.17) is 5.73 Å². The molecule has 1 aromatic heterocycles. The molecule has 0 aliphatic heterocycles. The number of pyridine rings is 1. The zero-order valence-electron chi connectivity index (χ0n) is 10.9. The molecule has 0 aromatic carbocycles. The van der Waals surface area contributed by atoms with Gasteiger partial charge in [0, 0.05) is 30.5 Å². The van der Waals surface area contributed by atoms with Crippen LogP contribution in [0.25, 0.3) is 0 Å². The molecule has 1 rings (SSSR count). The van der Waals surface area contributed by atoms with E-state index in [0.717, 1.165) is 11.3 Å². The maximum absolute atomic E-state index is 11.8. The average molecular weight is 235 g/mol. The Kier molecular flexibility index (Phi) is 4.23. The maximum atomic E-state index is 11.8. The number of carbonyl (C=O) groups excluding carboxylic acids is 1. The van der Waals surface area contributed by atoms with Crippen molar-refractivity contribution in [3.8, 4) is 0 Å². The summed E-state index contributed by atoms with van der Waals surface area (Å²) in [5.41, 5.74) is 7.65. The van der Waals surface area contributed by atoms with E-state index in [-0.39, 0.29) is 17.4 Å². The SMILES string of the molecule is Cc1cnccc1NC(=O)CC(N)C(C)(C)C. The van der Waals surface area contributed by atoms with Crippen molar-refractivity contribution >= 4 is 11.6 Å². The van der Waals surface area contributed by atoms with Crippen LogP contribution in [-0.2, 0) is 4.79 Å². The Bertz CT molecular complexity index is 396. The molecule has 0 fully saturated rings. The Hall–Kier alpha value is -1.42. The highest BCUT2D eigenvalue weighted by Gasteiger charge is 2.23. The van der Waals surface area contributed by atoms with Crippen LogP contribution in [0.5, 0.6) is 0 Å². The molecule has 4 nitrogen and oxygen atoms in total. The number of nitrogens with zero attached hydrogens (tertiary/aromatic N) is 1. The van der Waals surface area contributed by atoms with E-state index in [9.17, 15) is 4.79 Å². The molecular formula is C13H21N3O. The summed E-state index contributed by atoms with van der Waals surface area (Å²) in [4.78, 5) is 15.8. The van der Waals surface area contributed by atoms with E-state index in [1.807, 2.05) is 27.7 Å². The summed E-state index contributed by atoms with van der Waals surface area (Å²) in [5, 5.41) is 2.85. The number of aromatic nitrogens is 1. The van der Waals surface area contributed by atoms with Crippen LogP contribution in [0.2, 0.25) is 0 Å². The van der Waals surface area contributed by atoms with Crippen LogP contribution in [0.3, 0.4) is 0 Å². The van der Waals surface area contributed by atoms with Crippen LogP contribution >= 0.6 is 0 Å². The molecule has 0 aliphatic rings. The number of anilines is 1. The third-order valence-corrected chi connectivity index (χ3v) is 2.81. The fraction of sp³-hybridized carbons (Fsp3) is 0.538. The van der Waals surface area contributed by atoms with Crippen molar-refractivity contribution < 1.29 is 4.79 Å². The Morgan fingerprint density at radius 1 is 1.53 bits per heavy atom. The molecule has 0 spiro atoms. The molecular weight excluding hydrogens is 214 g/mol. The Balaban J connectivity index is 2.60. The fourth-order valence-electron chi connectivity index (χ4n) is 1.32. The number of rotatable bonds is 3. The zero-order valence-corrected chi connectivity index (χ0v) is 10.9. The molecule has 0 bridgehead atoms. The van der Waals surface area contributed by atoms with Crippen LogP contribution in [0.4, 0.5) is 5.69 Å². The van der Waals surface area contributed by atoms with Crippen LogP contribution in [0, 0.1) is 12.3 Å². The van der Waals surface area contributed by atoms with Gasteiger partial charge in [-0.1, -0.05) is 20.8 Å². The number of hydrogen-bond donors (Lipinski definition) is 2. The number of nitrogens with two attached hydrogens (primary N) is 1. The Morgan fingerprint density at radius 2 is 2.18 bits per heavy atom. The summed E-state index contributed by atoms with van der Waals surface area (Å²) in [7, 11) is 0. The first-order valence-corrected chi connectivity index (χ1v) is 5.77. The van der Waals surface area contributed by atoms with Crippen molar-refractivity contribution in [1.82, 2.24) is 4.98 Å². The molecule has 1 aromatic rings. The molecule has 3 N–H and O–H groups in total. The third kappa shape index (κ3) is 4.15. The smallest absolute Gasteiger partial charge is 0.225 e. The molecule has 0 aliphatic carbocycles. The molecule has 17 heavy (non-hydrogen) atoms. The highest BCUT2D eigenvalue weighted by Crippen LogP contribution is 2.20. The second-order valence-electron chi connectivity index (χ2n) is 5.42. The van der Waals surface area contributed by atoms with Gasteiger partial charge in [0.05, 0.1) is 0 Å². The van der Waals surface area contributed by atoms with Gasteiger partial charge in [-0.3, -0.25) is 9.78 Å². The number of amides is 1. The first-order valence-electron chi connectivity index (χ1n) is 5.77. The van der Waals surface area contributed by atoms with E-state index in [0.29, 0.717) is 6.42 Å². The van der Waals surface area contributed by atoms with Gasteiger partial charge in [0.2, 0.25) is 5.91 Å². The summed E-state index contributed by atoms with van der Waals surface area (Å²) in [6.07, 6.45) is 3.71. The van der Waals surface area contributed by atoms with E-state index >= 15 is 0 Å². The quantitative estimate of drug-likeness (QED) is 0.843. The Morgan fingerprint density at radius 3 is 2.71 bits per heavy atom. The first kappa shape index (κ1) is 13.6. The molecule has 4 heteroatoms. The summed E-state index contributed by atoms with van der Waals surface area (Å²) >= 11 is 0. The molecule has 1 amide bonds. The van der Waals surface area contributed by atoms with E-state index in [1.54, 1.807) is 18.5 Å². The van der Waals surface area contributed by atoms with Crippen molar-refractivity contribution in [2.75, 3.05) is 5.32 Å². The predicted octanol–water partition coefficient (Wildman–Crippen LogP) is 2.09.